The maximum atomic E-state index is 5.85. The number of pyridine rings is 1. The van der Waals surface area contributed by atoms with Crippen LogP contribution in [0.2, 0.25) is 5.02 Å². The molecule has 0 aromatic carbocycles. The number of rotatable bonds is 3. The van der Waals surface area contributed by atoms with Crippen LogP contribution >= 0.6 is 27.5 Å². The maximum absolute atomic E-state index is 5.85. The summed E-state index contributed by atoms with van der Waals surface area (Å²) in [5.41, 5.74) is 0. The number of hydrogen-bond acceptors (Lipinski definition) is 4. The lowest BCUT2D eigenvalue weighted by Gasteiger charge is -2.06. The molecule has 0 bridgehead atoms. The zero-order valence-electron chi connectivity index (χ0n) is 9.31. The first-order valence-electron chi connectivity index (χ1n) is 5.53. The molecule has 2 aromatic heterocycles. The van der Waals surface area contributed by atoms with Gasteiger partial charge >= 0.3 is 0 Å². The zero-order chi connectivity index (χ0) is 12.5. The van der Waals surface area contributed by atoms with Gasteiger partial charge in [0.25, 0.3) is 0 Å². The molecule has 2 aromatic rings. The average Bonchev–Trinajstić information content (AvgIpc) is 3.11. The predicted octanol–water partition coefficient (Wildman–Crippen LogP) is 3.96. The lowest BCUT2D eigenvalue weighted by molar-refractivity contribution is 0.455. The summed E-state index contributed by atoms with van der Waals surface area (Å²) in [5, 5.41) is 0.531. The Morgan fingerprint density at radius 3 is 2.78 bits per heavy atom. The van der Waals surface area contributed by atoms with Crippen LogP contribution in [0.5, 0.6) is 11.6 Å². The van der Waals surface area contributed by atoms with Gasteiger partial charge in [-0.3, -0.25) is 4.98 Å². The molecule has 6 heteroatoms. The minimum Gasteiger partial charge on any atom is -0.437 e. The van der Waals surface area contributed by atoms with Crippen LogP contribution in [-0.4, -0.2) is 15.0 Å². The molecule has 18 heavy (non-hydrogen) atoms. The molecular weight excluding hydrogens is 318 g/mol. The van der Waals surface area contributed by atoms with E-state index in [1.54, 1.807) is 24.5 Å². The third kappa shape index (κ3) is 2.79. The molecule has 1 fully saturated rings. The molecule has 0 amide bonds. The van der Waals surface area contributed by atoms with Crippen LogP contribution in [0.3, 0.4) is 0 Å². The minimum atomic E-state index is 0.474. The van der Waals surface area contributed by atoms with Crippen LogP contribution in [0.4, 0.5) is 0 Å². The molecule has 2 heterocycles. The molecule has 1 aliphatic rings. The van der Waals surface area contributed by atoms with Crippen LogP contribution in [0.1, 0.15) is 24.6 Å². The number of hydrogen-bond donors (Lipinski definition) is 0. The number of nitrogens with zero attached hydrogens (tertiary/aromatic N) is 3. The van der Waals surface area contributed by atoms with E-state index in [2.05, 4.69) is 30.9 Å². The van der Waals surface area contributed by atoms with E-state index in [0.717, 1.165) is 23.3 Å². The molecule has 0 unspecified atom stereocenters. The molecule has 0 aliphatic heterocycles. The topological polar surface area (TPSA) is 47.9 Å². The molecule has 0 saturated heterocycles. The molecule has 3 rings (SSSR count). The van der Waals surface area contributed by atoms with Crippen LogP contribution in [0, 0.1) is 0 Å². The van der Waals surface area contributed by atoms with Gasteiger partial charge in [0, 0.05) is 24.2 Å². The molecule has 92 valence electrons. The highest BCUT2D eigenvalue weighted by Gasteiger charge is 2.27. The van der Waals surface area contributed by atoms with Gasteiger partial charge in [-0.2, -0.15) is 4.98 Å². The number of aromatic nitrogens is 3. The molecular formula is C12H9BrClN3O. The standard InChI is InChI=1S/C12H9BrClN3O/c13-10-4-11(17-12(16-10)7-1-2-7)18-9-3-8(14)5-15-6-9/h3-7H,1-2H2. The summed E-state index contributed by atoms with van der Waals surface area (Å²) in [7, 11) is 0. The fourth-order valence-electron chi connectivity index (χ4n) is 1.56. The smallest absolute Gasteiger partial charge is 0.223 e. The minimum absolute atomic E-state index is 0.474. The molecule has 1 aliphatic carbocycles. The highest BCUT2D eigenvalue weighted by Crippen LogP contribution is 2.39. The van der Waals surface area contributed by atoms with Gasteiger partial charge in [-0.05, 0) is 28.8 Å². The lowest BCUT2D eigenvalue weighted by Crippen LogP contribution is -1.96. The summed E-state index contributed by atoms with van der Waals surface area (Å²) in [4.78, 5) is 12.7. The zero-order valence-corrected chi connectivity index (χ0v) is 11.6. The van der Waals surface area contributed by atoms with Crippen LogP contribution in [-0.2, 0) is 0 Å². The fraction of sp³-hybridized carbons (Fsp3) is 0.250. The van der Waals surface area contributed by atoms with Crippen molar-refractivity contribution in [3.63, 3.8) is 0 Å². The highest BCUT2D eigenvalue weighted by atomic mass is 79.9. The van der Waals surface area contributed by atoms with E-state index in [-0.39, 0.29) is 0 Å². The Balaban J connectivity index is 1.87. The van der Waals surface area contributed by atoms with Crippen LogP contribution in [0.25, 0.3) is 0 Å². The molecule has 0 radical (unpaired) electrons. The summed E-state index contributed by atoms with van der Waals surface area (Å²) in [6.45, 7) is 0. The van der Waals surface area contributed by atoms with E-state index in [1.807, 2.05) is 0 Å². The Kier molecular flexibility index (Phi) is 3.18. The first-order valence-corrected chi connectivity index (χ1v) is 6.71. The summed E-state index contributed by atoms with van der Waals surface area (Å²) < 4.78 is 6.36. The van der Waals surface area contributed by atoms with E-state index in [1.165, 1.54) is 0 Å². The molecule has 0 spiro atoms. The largest absolute Gasteiger partial charge is 0.437 e. The summed E-state index contributed by atoms with van der Waals surface area (Å²) >= 11 is 9.21. The van der Waals surface area contributed by atoms with Crippen molar-refractivity contribution >= 4 is 27.5 Å². The van der Waals surface area contributed by atoms with Crippen molar-refractivity contribution in [3.8, 4) is 11.6 Å². The predicted molar refractivity (Wildman–Crippen MR) is 71.0 cm³/mol. The molecule has 4 nitrogen and oxygen atoms in total. The van der Waals surface area contributed by atoms with E-state index in [4.69, 9.17) is 16.3 Å². The fourth-order valence-corrected chi connectivity index (χ4v) is 2.10. The van der Waals surface area contributed by atoms with Crippen molar-refractivity contribution in [2.45, 2.75) is 18.8 Å². The third-order valence-corrected chi connectivity index (χ3v) is 3.15. The van der Waals surface area contributed by atoms with Gasteiger partial charge in [0.05, 0.1) is 11.2 Å². The monoisotopic (exact) mass is 325 g/mol. The number of ether oxygens (including phenoxy) is 1. The Bertz CT molecular complexity index is 589. The van der Waals surface area contributed by atoms with Gasteiger partial charge in [0.2, 0.25) is 5.88 Å². The summed E-state index contributed by atoms with van der Waals surface area (Å²) in [6.07, 6.45) is 5.45. The van der Waals surface area contributed by atoms with Gasteiger partial charge in [0.1, 0.15) is 16.2 Å². The van der Waals surface area contributed by atoms with Gasteiger partial charge in [-0.25, -0.2) is 4.98 Å². The normalized spacial score (nSPS) is 14.6. The van der Waals surface area contributed by atoms with Crippen molar-refractivity contribution in [2.24, 2.45) is 0 Å². The Morgan fingerprint density at radius 1 is 1.22 bits per heavy atom. The molecule has 0 atom stereocenters. The Hall–Kier alpha value is -1.20. The van der Waals surface area contributed by atoms with Crippen molar-refractivity contribution in [2.75, 3.05) is 0 Å². The lowest BCUT2D eigenvalue weighted by atomic mass is 10.4. The number of halogens is 2. The first-order chi connectivity index (χ1) is 8.70. The van der Waals surface area contributed by atoms with E-state index in [0.29, 0.717) is 22.6 Å². The highest BCUT2D eigenvalue weighted by molar-refractivity contribution is 9.10. The summed E-state index contributed by atoms with van der Waals surface area (Å²) in [5.74, 6) is 2.37. The average molecular weight is 327 g/mol. The second-order valence-electron chi connectivity index (χ2n) is 4.10. The van der Waals surface area contributed by atoms with Gasteiger partial charge in [0.15, 0.2) is 0 Å². The second kappa shape index (κ2) is 4.82. The van der Waals surface area contributed by atoms with Crippen molar-refractivity contribution in [1.82, 2.24) is 15.0 Å². The molecule has 1 saturated carbocycles. The SMILES string of the molecule is Clc1cncc(Oc2cc(Br)nc(C3CC3)n2)c1. The van der Waals surface area contributed by atoms with Crippen molar-refractivity contribution < 1.29 is 4.74 Å². The van der Waals surface area contributed by atoms with Crippen LogP contribution < -0.4 is 4.74 Å². The third-order valence-electron chi connectivity index (χ3n) is 2.53. The van der Waals surface area contributed by atoms with E-state index < -0.39 is 0 Å². The second-order valence-corrected chi connectivity index (χ2v) is 5.35. The van der Waals surface area contributed by atoms with Gasteiger partial charge < -0.3 is 4.74 Å². The Labute approximate surface area is 118 Å². The van der Waals surface area contributed by atoms with Gasteiger partial charge in [-0.1, -0.05) is 11.6 Å². The van der Waals surface area contributed by atoms with E-state index in [9.17, 15) is 0 Å². The van der Waals surface area contributed by atoms with Crippen LogP contribution in [0.15, 0.2) is 29.1 Å². The van der Waals surface area contributed by atoms with Crippen molar-refractivity contribution in [3.05, 3.63) is 40.0 Å². The van der Waals surface area contributed by atoms with Gasteiger partial charge in [-0.15, -0.1) is 0 Å². The first kappa shape index (κ1) is 11.9. The van der Waals surface area contributed by atoms with Crippen molar-refractivity contribution in [1.29, 1.82) is 0 Å². The quantitative estimate of drug-likeness (QED) is 0.801. The molecule has 0 N–H and O–H groups in total. The van der Waals surface area contributed by atoms with E-state index >= 15 is 0 Å². The maximum Gasteiger partial charge on any atom is 0.223 e. The summed E-state index contributed by atoms with van der Waals surface area (Å²) in [6, 6.07) is 3.42. The Morgan fingerprint density at radius 2 is 2.06 bits per heavy atom.